The fraction of sp³-hybridized carbons (Fsp3) is 0.462. The number of thioether (sulfide) groups is 1. The second-order valence-corrected chi connectivity index (χ2v) is 5.32. The number of nitrogens with one attached hydrogen (secondary N) is 2. The minimum absolute atomic E-state index is 0.0223. The van der Waals surface area contributed by atoms with E-state index in [1.165, 1.54) is 0 Å². The zero-order chi connectivity index (χ0) is 14.3. The van der Waals surface area contributed by atoms with Crippen LogP contribution in [0.2, 0.25) is 5.02 Å². The Kier molecular flexibility index (Phi) is 7.05. The molecular weight excluding hydrogens is 284 g/mol. The van der Waals surface area contributed by atoms with Crippen LogP contribution in [0.15, 0.2) is 23.1 Å². The Balaban J connectivity index is 2.59. The van der Waals surface area contributed by atoms with Crippen molar-refractivity contribution in [2.75, 3.05) is 18.2 Å². The van der Waals surface area contributed by atoms with Crippen LogP contribution in [0.5, 0.6) is 0 Å². The van der Waals surface area contributed by atoms with Crippen molar-refractivity contribution in [3.05, 3.63) is 23.2 Å². The Morgan fingerprint density at radius 2 is 2.26 bits per heavy atom. The zero-order valence-corrected chi connectivity index (χ0v) is 12.6. The van der Waals surface area contributed by atoms with Crippen molar-refractivity contribution in [1.29, 1.82) is 0 Å². The summed E-state index contributed by atoms with van der Waals surface area (Å²) in [6.45, 7) is 2.03. The number of anilines is 1. The number of halogens is 1. The molecule has 0 aliphatic rings. The number of urea groups is 1. The van der Waals surface area contributed by atoms with E-state index in [0.29, 0.717) is 17.1 Å². The number of hydrogen-bond donors (Lipinski definition) is 3. The predicted octanol–water partition coefficient (Wildman–Crippen LogP) is 3.34. The van der Waals surface area contributed by atoms with E-state index in [2.05, 4.69) is 10.6 Å². The molecule has 4 nitrogen and oxygen atoms in total. The third-order valence-corrected chi connectivity index (χ3v) is 3.94. The van der Waals surface area contributed by atoms with Gasteiger partial charge in [-0.05, 0) is 37.3 Å². The van der Waals surface area contributed by atoms with Crippen LogP contribution in [0, 0.1) is 0 Å². The molecule has 1 unspecified atom stereocenters. The number of rotatable bonds is 6. The Hall–Kier alpha value is -0.910. The summed E-state index contributed by atoms with van der Waals surface area (Å²) >= 11 is 7.63. The SMILES string of the molecule is CCC(CCO)NC(=O)Nc1ccc(SC)c(Cl)c1. The second-order valence-electron chi connectivity index (χ2n) is 4.07. The molecule has 0 aliphatic carbocycles. The van der Waals surface area contributed by atoms with Gasteiger partial charge in [-0.2, -0.15) is 0 Å². The molecule has 0 saturated heterocycles. The highest BCUT2D eigenvalue weighted by atomic mass is 35.5. The van der Waals surface area contributed by atoms with Crippen LogP contribution in [0.3, 0.4) is 0 Å². The zero-order valence-electron chi connectivity index (χ0n) is 11.1. The number of hydrogen-bond acceptors (Lipinski definition) is 3. The van der Waals surface area contributed by atoms with Gasteiger partial charge < -0.3 is 15.7 Å². The molecule has 1 atom stereocenters. The summed E-state index contributed by atoms with van der Waals surface area (Å²) in [7, 11) is 0. The van der Waals surface area contributed by atoms with Gasteiger partial charge in [0.15, 0.2) is 0 Å². The molecule has 6 heteroatoms. The Bertz CT molecular complexity index is 429. The van der Waals surface area contributed by atoms with Gasteiger partial charge in [0.1, 0.15) is 0 Å². The Morgan fingerprint density at radius 1 is 1.53 bits per heavy atom. The van der Waals surface area contributed by atoms with Crippen LogP contribution in [-0.2, 0) is 0 Å². The number of carbonyl (C=O) groups is 1. The van der Waals surface area contributed by atoms with E-state index >= 15 is 0 Å². The largest absolute Gasteiger partial charge is 0.396 e. The van der Waals surface area contributed by atoms with E-state index in [0.717, 1.165) is 11.3 Å². The summed E-state index contributed by atoms with van der Waals surface area (Å²) in [5, 5.41) is 15.0. The molecule has 3 N–H and O–H groups in total. The van der Waals surface area contributed by atoms with E-state index < -0.39 is 0 Å². The number of aliphatic hydroxyl groups excluding tert-OH is 1. The van der Waals surface area contributed by atoms with Gasteiger partial charge in [-0.25, -0.2) is 4.79 Å². The van der Waals surface area contributed by atoms with Gasteiger partial charge in [0, 0.05) is 23.2 Å². The molecular formula is C13H19ClN2O2S. The molecule has 1 aromatic rings. The molecule has 0 spiro atoms. The third-order valence-electron chi connectivity index (χ3n) is 2.72. The molecule has 0 fully saturated rings. The average molecular weight is 303 g/mol. The monoisotopic (exact) mass is 302 g/mol. The lowest BCUT2D eigenvalue weighted by molar-refractivity contribution is 0.237. The van der Waals surface area contributed by atoms with Crippen LogP contribution in [0.4, 0.5) is 10.5 Å². The minimum atomic E-state index is -0.284. The highest BCUT2D eigenvalue weighted by molar-refractivity contribution is 7.98. The summed E-state index contributed by atoms with van der Waals surface area (Å²) < 4.78 is 0. The molecule has 0 aliphatic heterocycles. The van der Waals surface area contributed by atoms with Gasteiger partial charge in [-0.15, -0.1) is 11.8 Å². The molecule has 106 valence electrons. The summed E-state index contributed by atoms with van der Waals surface area (Å²) in [4.78, 5) is 12.7. The van der Waals surface area contributed by atoms with Gasteiger partial charge in [-0.1, -0.05) is 18.5 Å². The number of aliphatic hydroxyl groups is 1. The Morgan fingerprint density at radius 3 is 2.79 bits per heavy atom. The molecule has 0 radical (unpaired) electrons. The number of benzene rings is 1. The quantitative estimate of drug-likeness (QED) is 0.706. The maximum atomic E-state index is 11.8. The van der Waals surface area contributed by atoms with Gasteiger partial charge in [0.05, 0.1) is 5.02 Å². The molecule has 19 heavy (non-hydrogen) atoms. The normalized spacial score (nSPS) is 12.0. The van der Waals surface area contributed by atoms with Crippen LogP contribution in [0.1, 0.15) is 19.8 Å². The predicted molar refractivity (Wildman–Crippen MR) is 81.2 cm³/mol. The molecule has 2 amide bonds. The van der Waals surface area contributed by atoms with Crippen molar-refractivity contribution in [2.24, 2.45) is 0 Å². The van der Waals surface area contributed by atoms with Gasteiger partial charge in [0.25, 0.3) is 0 Å². The van der Waals surface area contributed by atoms with Crippen molar-refractivity contribution < 1.29 is 9.90 Å². The van der Waals surface area contributed by atoms with E-state index in [1.54, 1.807) is 17.8 Å². The van der Waals surface area contributed by atoms with Crippen LogP contribution < -0.4 is 10.6 Å². The standard InChI is InChI=1S/C13H19ClN2O2S/c1-3-9(6-7-17)15-13(18)16-10-4-5-12(19-2)11(14)8-10/h4-5,8-9,17H,3,6-7H2,1-2H3,(H2,15,16,18). The topological polar surface area (TPSA) is 61.4 Å². The van der Waals surface area contributed by atoms with Crippen molar-refractivity contribution in [2.45, 2.75) is 30.7 Å². The first-order valence-electron chi connectivity index (χ1n) is 6.12. The molecule has 0 heterocycles. The molecule has 1 rings (SSSR count). The highest BCUT2D eigenvalue weighted by Gasteiger charge is 2.10. The molecule has 1 aromatic carbocycles. The van der Waals surface area contributed by atoms with Gasteiger partial charge in [-0.3, -0.25) is 0 Å². The van der Waals surface area contributed by atoms with Crippen LogP contribution >= 0.6 is 23.4 Å². The molecule has 0 aromatic heterocycles. The van der Waals surface area contributed by atoms with Crippen LogP contribution in [0.25, 0.3) is 0 Å². The lowest BCUT2D eigenvalue weighted by atomic mass is 10.2. The molecule has 0 bridgehead atoms. The summed E-state index contributed by atoms with van der Waals surface area (Å²) in [5.41, 5.74) is 0.652. The van der Waals surface area contributed by atoms with Crippen molar-refractivity contribution in [3.63, 3.8) is 0 Å². The average Bonchev–Trinajstić information content (AvgIpc) is 2.38. The van der Waals surface area contributed by atoms with E-state index in [9.17, 15) is 4.79 Å². The first kappa shape index (κ1) is 16.1. The fourth-order valence-electron chi connectivity index (χ4n) is 1.63. The maximum Gasteiger partial charge on any atom is 0.319 e. The smallest absolute Gasteiger partial charge is 0.319 e. The van der Waals surface area contributed by atoms with Gasteiger partial charge >= 0.3 is 6.03 Å². The van der Waals surface area contributed by atoms with Crippen molar-refractivity contribution in [3.8, 4) is 0 Å². The number of amides is 2. The van der Waals surface area contributed by atoms with E-state index in [4.69, 9.17) is 16.7 Å². The second kappa shape index (κ2) is 8.30. The summed E-state index contributed by atoms with van der Waals surface area (Å²) in [5.74, 6) is 0. The summed E-state index contributed by atoms with van der Waals surface area (Å²) in [6.07, 6.45) is 3.28. The first-order valence-corrected chi connectivity index (χ1v) is 7.72. The maximum absolute atomic E-state index is 11.8. The van der Waals surface area contributed by atoms with Crippen molar-refractivity contribution in [1.82, 2.24) is 5.32 Å². The third kappa shape index (κ3) is 5.30. The van der Waals surface area contributed by atoms with E-state index in [-0.39, 0.29) is 18.7 Å². The highest BCUT2D eigenvalue weighted by Crippen LogP contribution is 2.27. The van der Waals surface area contributed by atoms with E-state index in [1.807, 2.05) is 25.3 Å². The number of carbonyl (C=O) groups excluding carboxylic acids is 1. The minimum Gasteiger partial charge on any atom is -0.396 e. The van der Waals surface area contributed by atoms with Crippen molar-refractivity contribution >= 4 is 35.1 Å². The lowest BCUT2D eigenvalue weighted by Gasteiger charge is -2.16. The Labute approximate surface area is 122 Å². The van der Waals surface area contributed by atoms with Gasteiger partial charge in [0.2, 0.25) is 0 Å². The first-order chi connectivity index (χ1) is 9.10. The summed E-state index contributed by atoms with van der Waals surface area (Å²) in [6, 6.07) is 5.09. The molecule has 0 saturated carbocycles. The fourth-order valence-corrected chi connectivity index (χ4v) is 2.50. The van der Waals surface area contributed by atoms with Crippen LogP contribution in [-0.4, -0.2) is 30.0 Å². The lowest BCUT2D eigenvalue weighted by Crippen LogP contribution is -2.38.